The summed E-state index contributed by atoms with van der Waals surface area (Å²) in [5.74, 6) is 0.898. The van der Waals surface area contributed by atoms with E-state index in [9.17, 15) is 24.6 Å². The zero-order valence-electron chi connectivity index (χ0n) is 30.5. The number of carbonyl (C=O) groups excluding carboxylic acids is 3. The number of amides is 3. The molecule has 4 aromatic carbocycles. The number of ether oxygens (including phenoxy) is 1. The van der Waals surface area contributed by atoms with Crippen LogP contribution >= 0.6 is 0 Å². The van der Waals surface area contributed by atoms with Crippen LogP contribution in [0.2, 0.25) is 0 Å². The molecule has 278 valence electrons. The molecule has 54 heavy (non-hydrogen) atoms. The van der Waals surface area contributed by atoms with E-state index in [0.717, 1.165) is 73.7 Å². The molecule has 0 aromatic heterocycles. The number of piperidine rings is 1. The van der Waals surface area contributed by atoms with Crippen molar-refractivity contribution in [2.24, 2.45) is 11.8 Å². The van der Waals surface area contributed by atoms with Crippen LogP contribution in [-0.2, 0) is 9.59 Å². The van der Waals surface area contributed by atoms with Gasteiger partial charge < -0.3 is 24.7 Å². The number of imide groups is 1. The van der Waals surface area contributed by atoms with Gasteiger partial charge in [-0.15, -0.1) is 0 Å². The molecule has 3 N–H and O–H groups in total. The number of hydrogen-bond donors (Lipinski definition) is 3. The highest BCUT2D eigenvalue weighted by Crippen LogP contribution is 2.40. The molecule has 4 unspecified atom stereocenters. The highest BCUT2D eigenvalue weighted by Gasteiger charge is 2.45. The minimum absolute atomic E-state index is 0.140. The molecule has 4 heterocycles. The molecule has 8 rings (SSSR count). The average Bonchev–Trinajstić information content (AvgIpc) is 3.83. The van der Waals surface area contributed by atoms with Gasteiger partial charge in [-0.3, -0.25) is 24.6 Å². The molecule has 4 atom stereocenters. The number of benzene rings is 4. The van der Waals surface area contributed by atoms with Crippen molar-refractivity contribution >= 4 is 34.6 Å². The maximum Gasteiger partial charge on any atom is 0.257 e. The van der Waals surface area contributed by atoms with Crippen LogP contribution in [0.25, 0.3) is 11.1 Å². The highest BCUT2D eigenvalue weighted by molar-refractivity contribution is 6.06. The van der Waals surface area contributed by atoms with E-state index in [-0.39, 0.29) is 30.4 Å². The molecule has 4 aliphatic heterocycles. The number of aromatic hydroxyl groups is 1. The molecule has 0 spiro atoms. The molecule has 4 aliphatic rings. The number of carbonyl (C=O) groups is 3. The van der Waals surface area contributed by atoms with Gasteiger partial charge in [-0.05, 0) is 101 Å². The zero-order valence-corrected chi connectivity index (χ0v) is 30.5. The number of nitrogens with one attached hydrogen (secondary N) is 1. The zero-order chi connectivity index (χ0) is 37.3. The predicted octanol–water partition coefficient (Wildman–Crippen LogP) is 5.85. The maximum absolute atomic E-state index is 13.2. The van der Waals surface area contributed by atoms with Gasteiger partial charge in [0, 0.05) is 56.0 Å². The molecular weight excluding hydrogens is 681 g/mol. The first-order valence-corrected chi connectivity index (χ1v) is 19.0. The van der Waals surface area contributed by atoms with E-state index < -0.39 is 18.2 Å². The Morgan fingerprint density at radius 1 is 0.833 bits per heavy atom. The predicted molar refractivity (Wildman–Crippen MR) is 207 cm³/mol. The van der Waals surface area contributed by atoms with E-state index in [2.05, 4.69) is 58.4 Å². The van der Waals surface area contributed by atoms with Gasteiger partial charge in [0.15, 0.2) is 6.23 Å². The van der Waals surface area contributed by atoms with Gasteiger partial charge in [0.2, 0.25) is 11.8 Å². The van der Waals surface area contributed by atoms with Gasteiger partial charge in [-0.25, -0.2) is 0 Å². The number of anilines is 1. The summed E-state index contributed by atoms with van der Waals surface area (Å²) in [5.41, 5.74) is 7.63. The number of allylic oxidation sites excluding steroid dienone is 1. The Morgan fingerprint density at radius 3 is 2.19 bits per heavy atom. The summed E-state index contributed by atoms with van der Waals surface area (Å²) in [6, 6.07) is 30.9. The molecule has 0 aliphatic carbocycles. The maximum atomic E-state index is 13.2. The van der Waals surface area contributed by atoms with Gasteiger partial charge in [0.25, 0.3) is 5.91 Å². The molecule has 0 saturated carbocycles. The molecule has 3 saturated heterocycles. The molecule has 10 nitrogen and oxygen atoms in total. The first kappa shape index (κ1) is 35.6. The Labute approximate surface area is 315 Å². The smallest absolute Gasteiger partial charge is 0.257 e. The Balaban J connectivity index is 0.839. The molecular formula is C44H46N4O6. The van der Waals surface area contributed by atoms with Crippen molar-refractivity contribution in [3.8, 4) is 11.5 Å². The van der Waals surface area contributed by atoms with E-state index in [1.165, 1.54) is 16.0 Å². The Morgan fingerprint density at radius 2 is 1.52 bits per heavy atom. The largest absolute Gasteiger partial charge is 0.508 e. The van der Waals surface area contributed by atoms with Gasteiger partial charge in [0.1, 0.15) is 17.5 Å². The second kappa shape index (κ2) is 15.1. The number of aliphatic hydroxyl groups is 1. The third-order valence-electron chi connectivity index (χ3n) is 11.5. The standard InChI is InChI=1S/C44H46N4O6/c1-2-36(28-7-4-3-5-8-28)41(29-9-14-34(49)15-10-29)30-11-16-35(17-12-30)54-22-6-21-46-24-31-26-47(27-32(31)25-46)33-13-18-37-38(23-33)44(53)48(43(37)52)39-19-20-40(50)45-42(39)51/h3-5,7-18,23,31-32,39,44,49,53H,2,6,19-22,24-27H2,1H3,(H,45,50,51)/b41-36-. The summed E-state index contributed by atoms with van der Waals surface area (Å²) in [4.78, 5) is 43.4. The second-order valence-electron chi connectivity index (χ2n) is 14.9. The number of likely N-dealkylation sites (tertiary alicyclic amines) is 1. The van der Waals surface area contributed by atoms with E-state index >= 15 is 0 Å². The van der Waals surface area contributed by atoms with E-state index in [0.29, 0.717) is 29.6 Å². The highest BCUT2D eigenvalue weighted by atomic mass is 16.5. The van der Waals surface area contributed by atoms with Crippen LogP contribution in [-0.4, -0.2) is 83.1 Å². The first-order chi connectivity index (χ1) is 26.3. The number of hydrogen-bond acceptors (Lipinski definition) is 8. The normalized spacial score (nSPS) is 23.0. The van der Waals surface area contributed by atoms with E-state index in [1.807, 2.05) is 42.5 Å². The number of aliphatic hydroxyl groups excluding tert-OH is 1. The van der Waals surface area contributed by atoms with E-state index in [1.54, 1.807) is 18.2 Å². The topological polar surface area (TPSA) is 123 Å². The van der Waals surface area contributed by atoms with Crippen molar-refractivity contribution in [2.45, 2.75) is 44.9 Å². The Bertz CT molecular complexity index is 2050. The summed E-state index contributed by atoms with van der Waals surface area (Å²) in [7, 11) is 0. The van der Waals surface area contributed by atoms with Crippen molar-refractivity contribution in [3.63, 3.8) is 0 Å². The van der Waals surface area contributed by atoms with Crippen LogP contribution in [0.4, 0.5) is 5.69 Å². The SMILES string of the molecule is CC/C(=C(\c1ccc(O)cc1)c1ccc(OCCCN2CC3CN(c4ccc5c(c4)C(O)N(C4CCC(=O)NC4=O)C5=O)CC3C2)cc1)c1ccccc1. The summed E-state index contributed by atoms with van der Waals surface area (Å²) < 4.78 is 6.20. The summed E-state index contributed by atoms with van der Waals surface area (Å²) in [5, 5.41) is 23.4. The monoisotopic (exact) mass is 726 g/mol. The average molecular weight is 727 g/mol. The second-order valence-corrected chi connectivity index (χ2v) is 14.9. The summed E-state index contributed by atoms with van der Waals surface area (Å²) in [6.45, 7) is 7.66. The van der Waals surface area contributed by atoms with E-state index in [4.69, 9.17) is 4.74 Å². The van der Waals surface area contributed by atoms with Crippen molar-refractivity contribution in [2.75, 3.05) is 44.2 Å². The lowest BCUT2D eigenvalue weighted by Crippen LogP contribution is -2.53. The van der Waals surface area contributed by atoms with Crippen LogP contribution in [0, 0.1) is 11.8 Å². The molecule has 4 aromatic rings. The third kappa shape index (κ3) is 6.99. The number of fused-ring (bicyclic) bond motifs is 2. The van der Waals surface area contributed by atoms with Crippen molar-refractivity contribution in [1.29, 1.82) is 0 Å². The Kier molecular flexibility index (Phi) is 9.96. The van der Waals surface area contributed by atoms with Crippen LogP contribution in [0.1, 0.15) is 71.4 Å². The van der Waals surface area contributed by atoms with Gasteiger partial charge >= 0.3 is 0 Å². The number of phenolic OH excluding ortho intramolecular Hbond substituents is 1. The van der Waals surface area contributed by atoms with Gasteiger partial charge in [-0.2, -0.15) is 0 Å². The molecule has 3 fully saturated rings. The lowest BCUT2D eigenvalue weighted by atomic mass is 9.88. The number of nitrogens with zero attached hydrogens (tertiary/aromatic N) is 3. The van der Waals surface area contributed by atoms with Crippen LogP contribution in [0.3, 0.4) is 0 Å². The number of rotatable bonds is 11. The Hall–Kier alpha value is -5.45. The van der Waals surface area contributed by atoms with Crippen LogP contribution in [0.15, 0.2) is 97.1 Å². The fraction of sp³-hybridized carbons (Fsp3) is 0.341. The van der Waals surface area contributed by atoms with Gasteiger partial charge in [0.05, 0.1) is 6.61 Å². The fourth-order valence-electron chi connectivity index (χ4n) is 8.80. The van der Waals surface area contributed by atoms with Gasteiger partial charge in [-0.1, -0.05) is 61.5 Å². The molecule has 0 bridgehead atoms. The summed E-state index contributed by atoms with van der Waals surface area (Å²) in [6.07, 6.45) is 0.917. The molecule has 10 heteroatoms. The quantitative estimate of drug-likeness (QED) is 0.100. The van der Waals surface area contributed by atoms with Crippen LogP contribution < -0.4 is 15.0 Å². The first-order valence-electron chi connectivity index (χ1n) is 19.0. The minimum Gasteiger partial charge on any atom is -0.508 e. The lowest BCUT2D eigenvalue weighted by molar-refractivity contribution is -0.139. The van der Waals surface area contributed by atoms with Crippen LogP contribution in [0.5, 0.6) is 11.5 Å². The number of phenols is 1. The third-order valence-corrected chi connectivity index (χ3v) is 11.5. The van der Waals surface area contributed by atoms with Crippen molar-refractivity contribution in [1.82, 2.24) is 15.1 Å². The van der Waals surface area contributed by atoms with Crippen molar-refractivity contribution < 1.29 is 29.3 Å². The lowest BCUT2D eigenvalue weighted by Gasteiger charge is -2.32. The summed E-state index contributed by atoms with van der Waals surface area (Å²) >= 11 is 0. The minimum atomic E-state index is -1.22. The molecule has 0 radical (unpaired) electrons. The fourth-order valence-corrected chi connectivity index (χ4v) is 8.80. The van der Waals surface area contributed by atoms with Crippen molar-refractivity contribution in [3.05, 3.63) is 125 Å². The molecule has 3 amide bonds.